The van der Waals surface area contributed by atoms with Crippen LogP contribution < -0.4 is 31.9 Å². The summed E-state index contributed by atoms with van der Waals surface area (Å²) in [6.07, 6.45) is 1.89. The summed E-state index contributed by atoms with van der Waals surface area (Å²) in [5, 5.41) is 9.95. The third-order valence-corrected chi connectivity index (χ3v) is 4.69. The van der Waals surface area contributed by atoms with Gasteiger partial charge >= 0.3 is 15.1 Å². The number of carbonyl (C=O) groups is 4. The minimum absolute atomic E-state index is 0.111. The van der Waals surface area contributed by atoms with Crippen LogP contribution in [-0.4, -0.2) is 67.5 Å². The molecule has 15 heteroatoms. The van der Waals surface area contributed by atoms with Crippen molar-refractivity contribution in [1.82, 2.24) is 31.9 Å². The molecule has 6 radical (unpaired) electrons. The van der Waals surface area contributed by atoms with E-state index >= 15 is 0 Å². The second-order valence-corrected chi connectivity index (χ2v) is 8.61. The molecule has 0 heterocycles. The van der Waals surface area contributed by atoms with Crippen molar-refractivity contribution in [3.63, 3.8) is 0 Å². The largest absolute Gasteiger partial charge is 0.390 e. The number of carbonyl (C=O) groups excluding carboxylic acids is 4. The predicted molar refractivity (Wildman–Crippen MR) is 128 cm³/mol. The summed E-state index contributed by atoms with van der Waals surface area (Å²) in [6, 6.07) is 0. The van der Waals surface area contributed by atoms with Crippen LogP contribution in [0.15, 0.2) is 0 Å². The Labute approximate surface area is 200 Å². The highest BCUT2D eigenvalue weighted by Gasteiger charge is 2.27. The van der Waals surface area contributed by atoms with Gasteiger partial charge in [0.2, 0.25) is 23.6 Å². The van der Waals surface area contributed by atoms with Gasteiger partial charge in [-0.05, 0) is 12.8 Å². The molecular formula is C18H34B4N6O5. The van der Waals surface area contributed by atoms with Gasteiger partial charge in [-0.15, -0.1) is 0 Å². The average molecular weight is 458 g/mol. The van der Waals surface area contributed by atoms with E-state index in [0.29, 0.717) is 25.7 Å². The molecular weight excluding hydrogens is 423 g/mol. The highest BCUT2D eigenvalue weighted by atomic mass is 16.8. The summed E-state index contributed by atoms with van der Waals surface area (Å²) in [7, 11) is 13.1. The van der Waals surface area contributed by atoms with Crippen LogP contribution in [0, 0.1) is 10.8 Å². The quantitative estimate of drug-likeness (QED) is 0.0818. The molecule has 0 aliphatic rings. The van der Waals surface area contributed by atoms with Gasteiger partial charge in [0.25, 0.3) is 0 Å². The lowest BCUT2D eigenvalue weighted by molar-refractivity contribution is -0.129. The number of nitrogens with one attached hydrogen (secondary N) is 6. The van der Waals surface area contributed by atoms with E-state index < -0.39 is 10.8 Å². The van der Waals surface area contributed by atoms with E-state index in [9.17, 15) is 19.2 Å². The molecule has 4 amide bonds. The fourth-order valence-electron chi connectivity index (χ4n) is 2.30. The number of hydroxylamine groups is 2. The monoisotopic (exact) mass is 458 g/mol. The van der Waals surface area contributed by atoms with Gasteiger partial charge in [0.1, 0.15) is 0 Å². The standard InChI is InChI=1S/C18H34B4N6O5/c1-17(2,7-10-20)15(31)27-22-26-14(30)6-11-23-33-24-12-8-18(3,4)16(32)28-21-25-13(29)5-9-19/h23-24H,5-12H2,1-4H3,(H,25,29)(H,26,30)(H,27,31)(H,28,32). The second kappa shape index (κ2) is 16.6. The topological polar surface area (TPSA) is 150 Å². The molecule has 0 atom stereocenters. The van der Waals surface area contributed by atoms with E-state index in [-0.39, 0.29) is 49.3 Å². The minimum atomic E-state index is -0.718. The van der Waals surface area contributed by atoms with Crippen LogP contribution in [0.3, 0.4) is 0 Å². The van der Waals surface area contributed by atoms with Crippen LogP contribution in [0.5, 0.6) is 0 Å². The molecule has 6 N–H and O–H groups in total. The summed E-state index contributed by atoms with van der Waals surface area (Å²) < 4.78 is 0. The van der Waals surface area contributed by atoms with Gasteiger partial charge in [-0.2, -0.15) is 11.0 Å². The van der Waals surface area contributed by atoms with Crippen LogP contribution in [-0.2, 0) is 24.1 Å². The Balaban J connectivity index is 3.84. The van der Waals surface area contributed by atoms with Crippen molar-refractivity contribution >= 4 is 54.4 Å². The highest BCUT2D eigenvalue weighted by Crippen LogP contribution is 2.21. The van der Waals surface area contributed by atoms with Crippen LogP contribution >= 0.6 is 0 Å². The Bertz CT molecular complexity index is 639. The van der Waals surface area contributed by atoms with Gasteiger partial charge in [-0.25, -0.2) is 4.94 Å². The highest BCUT2D eigenvalue weighted by molar-refractivity contribution is 6.39. The Morgan fingerprint density at radius 3 is 1.70 bits per heavy atom. The van der Waals surface area contributed by atoms with Crippen LogP contribution in [0.1, 0.15) is 53.4 Å². The molecule has 0 unspecified atom stereocenters. The first-order valence-corrected chi connectivity index (χ1v) is 10.8. The lowest BCUT2D eigenvalue weighted by Gasteiger charge is -2.23. The first kappa shape index (κ1) is 31.0. The SMILES string of the molecule is [B]CCC(=O)N[B]NC(=O)C(C)(C)CCNONCCC(=O)N[B]NC(=O)C(C)(C)CC[B]. The molecule has 11 nitrogen and oxygen atoms in total. The Hall–Kier alpha value is -1.98. The van der Waals surface area contributed by atoms with Crippen molar-refractivity contribution in [3.05, 3.63) is 0 Å². The zero-order valence-electron chi connectivity index (χ0n) is 20.0. The molecule has 33 heavy (non-hydrogen) atoms. The molecule has 0 fully saturated rings. The Kier molecular flexibility index (Phi) is 15.6. The van der Waals surface area contributed by atoms with E-state index in [4.69, 9.17) is 20.6 Å². The third-order valence-electron chi connectivity index (χ3n) is 4.69. The van der Waals surface area contributed by atoms with Gasteiger partial charge in [0.15, 0.2) is 0 Å². The van der Waals surface area contributed by atoms with E-state index in [1.807, 2.05) is 0 Å². The molecule has 0 spiro atoms. The summed E-state index contributed by atoms with van der Waals surface area (Å²) in [5.74, 6) is -1.09. The molecule has 178 valence electrons. The lowest BCUT2D eigenvalue weighted by Crippen LogP contribution is -2.47. The van der Waals surface area contributed by atoms with E-state index in [1.165, 1.54) is 15.1 Å². The van der Waals surface area contributed by atoms with Gasteiger partial charge in [0, 0.05) is 36.8 Å². The van der Waals surface area contributed by atoms with E-state index in [1.54, 1.807) is 27.7 Å². The first-order chi connectivity index (χ1) is 15.5. The molecule has 0 aliphatic carbocycles. The average Bonchev–Trinajstić information content (AvgIpc) is 2.72. The smallest absolute Gasteiger partial charge is 0.383 e. The molecule has 0 aliphatic heterocycles. The van der Waals surface area contributed by atoms with Crippen LogP contribution in [0.2, 0.25) is 12.6 Å². The third kappa shape index (κ3) is 14.7. The van der Waals surface area contributed by atoms with Gasteiger partial charge < -0.3 is 20.9 Å². The molecule has 0 saturated carbocycles. The fourth-order valence-corrected chi connectivity index (χ4v) is 2.30. The molecule has 0 saturated heterocycles. The maximum absolute atomic E-state index is 12.2. The van der Waals surface area contributed by atoms with Crippen molar-refractivity contribution in [2.75, 3.05) is 13.1 Å². The zero-order valence-corrected chi connectivity index (χ0v) is 20.0. The molecule has 0 aromatic rings. The van der Waals surface area contributed by atoms with Crippen molar-refractivity contribution in [3.8, 4) is 0 Å². The van der Waals surface area contributed by atoms with Crippen molar-refractivity contribution < 1.29 is 24.1 Å². The number of rotatable bonds is 18. The van der Waals surface area contributed by atoms with Gasteiger partial charge in [0.05, 0.1) is 15.7 Å². The van der Waals surface area contributed by atoms with E-state index in [2.05, 4.69) is 31.9 Å². The van der Waals surface area contributed by atoms with Crippen molar-refractivity contribution in [1.29, 1.82) is 0 Å². The molecule has 0 bridgehead atoms. The first-order valence-electron chi connectivity index (χ1n) is 10.8. The van der Waals surface area contributed by atoms with Crippen molar-refractivity contribution in [2.45, 2.75) is 66.0 Å². The van der Waals surface area contributed by atoms with Crippen LogP contribution in [0.4, 0.5) is 0 Å². The summed E-state index contributed by atoms with van der Waals surface area (Å²) in [5.41, 5.74) is 3.90. The van der Waals surface area contributed by atoms with E-state index in [0.717, 1.165) is 0 Å². The maximum Gasteiger partial charge on any atom is 0.390 e. The van der Waals surface area contributed by atoms with Gasteiger partial charge in [-0.1, -0.05) is 40.3 Å². The Morgan fingerprint density at radius 1 is 0.697 bits per heavy atom. The maximum atomic E-state index is 12.2. The van der Waals surface area contributed by atoms with Gasteiger partial charge in [-0.3, -0.25) is 19.2 Å². The van der Waals surface area contributed by atoms with Crippen LogP contribution in [0.25, 0.3) is 0 Å². The molecule has 0 aromatic heterocycles. The minimum Gasteiger partial charge on any atom is -0.383 e. The summed E-state index contributed by atoms with van der Waals surface area (Å²) >= 11 is 0. The summed E-state index contributed by atoms with van der Waals surface area (Å²) in [4.78, 5) is 52.2. The fraction of sp³-hybridized carbons (Fsp3) is 0.778. The lowest BCUT2D eigenvalue weighted by atomic mass is 9.81. The van der Waals surface area contributed by atoms with Crippen molar-refractivity contribution in [2.24, 2.45) is 10.8 Å². The normalized spacial score (nSPS) is 11.3. The number of amides is 4. The molecule has 0 rings (SSSR count). The Morgan fingerprint density at radius 2 is 1.18 bits per heavy atom. The second-order valence-electron chi connectivity index (χ2n) is 8.61. The summed E-state index contributed by atoms with van der Waals surface area (Å²) in [6.45, 7) is 7.64. The zero-order chi connectivity index (χ0) is 25.3. The number of hydrogen-bond acceptors (Lipinski definition) is 7. The number of hydrogen-bond donors (Lipinski definition) is 6. The molecule has 0 aromatic carbocycles. The predicted octanol–water partition coefficient (Wildman–Crippen LogP) is -1.67.